The van der Waals surface area contributed by atoms with Crippen molar-refractivity contribution >= 4 is 16.8 Å². The smallest absolute Gasteiger partial charge is 0.228 e. The Morgan fingerprint density at radius 2 is 2.42 bits per heavy atom. The van der Waals surface area contributed by atoms with Crippen molar-refractivity contribution in [1.82, 2.24) is 0 Å². The summed E-state index contributed by atoms with van der Waals surface area (Å²) in [6.07, 6.45) is 9.18. The van der Waals surface area contributed by atoms with E-state index in [2.05, 4.69) is 12.7 Å². The summed E-state index contributed by atoms with van der Waals surface area (Å²) >= 11 is 5.57. The molecule has 1 aliphatic rings. The molecule has 1 aliphatic carbocycles. The molecule has 0 saturated heterocycles. The first-order valence-corrected chi connectivity index (χ1v) is 4.55. The van der Waals surface area contributed by atoms with E-state index in [-0.39, 0.29) is 10.7 Å². The molecule has 0 amide bonds. The van der Waals surface area contributed by atoms with Crippen molar-refractivity contribution in [3.05, 3.63) is 24.8 Å². The van der Waals surface area contributed by atoms with Crippen molar-refractivity contribution in [2.24, 2.45) is 5.41 Å². The van der Waals surface area contributed by atoms with E-state index in [0.717, 1.165) is 19.3 Å². The fourth-order valence-electron chi connectivity index (χ4n) is 1.61. The van der Waals surface area contributed by atoms with Crippen LogP contribution in [0.1, 0.15) is 25.7 Å². The predicted molar refractivity (Wildman–Crippen MR) is 51.1 cm³/mol. The molecule has 66 valence electrons. The van der Waals surface area contributed by atoms with Gasteiger partial charge in [0, 0.05) is 0 Å². The lowest BCUT2D eigenvalue weighted by atomic mass is 9.75. The number of rotatable bonds is 3. The molecule has 0 aromatic heterocycles. The summed E-state index contributed by atoms with van der Waals surface area (Å²) in [5.74, 6) is 0. The molecule has 0 aromatic carbocycles. The van der Waals surface area contributed by atoms with Crippen LogP contribution in [-0.2, 0) is 4.79 Å². The molecule has 1 unspecified atom stereocenters. The third kappa shape index (κ3) is 1.78. The van der Waals surface area contributed by atoms with E-state index in [1.807, 2.05) is 6.08 Å². The summed E-state index contributed by atoms with van der Waals surface area (Å²) < 4.78 is 0. The number of hydrogen-bond acceptors (Lipinski definition) is 1. The van der Waals surface area contributed by atoms with Crippen LogP contribution in [0.3, 0.4) is 0 Å². The van der Waals surface area contributed by atoms with E-state index >= 15 is 0 Å². The lowest BCUT2D eigenvalue weighted by Crippen LogP contribution is -2.28. The van der Waals surface area contributed by atoms with Gasteiger partial charge in [-0.15, -0.1) is 6.58 Å². The Balaban J connectivity index is 2.78. The summed E-state index contributed by atoms with van der Waals surface area (Å²) in [6.45, 7) is 3.65. The van der Waals surface area contributed by atoms with E-state index in [9.17, 15) is 4.79 Å². The van der Waals surface area contributed by atoms with Gasteiger partial charge in [-0.1, -0.05) is 18.2 Å². The van der Waals surface area contributed by atoms with Crippen LogP contribution in [0, 0.1) is 5.41 Å². The van der Waals surface area contributed by atoms with Crippen LogP contribution in [0.4, 0.5) is 0 Å². The Morgan fingerprint density at radius 3 is 2.83 bits per heavy atom. The van der Waals surface area contributed by atoms with Crippen LogP contribution >= 0.6 is 11.6 Å². The van der Waals surface area contributed by atoms with Crippen LogP contribution in [0.25, 0.3) is 0 Å². The third-order valence-electron chi connectivity index (χ3n) is 2.42. The molecule has 0 saturated carbocycles. The van der Waals surface area contributed by atoms with Crippen LogP contribution < -0.4 is 0 Å². The van der Waals surface area contributed by atoms with Crippen molar-refractivity contribution < 1.29 is 4.79 Å². The highest BCUT2D eigenvalue weighted by molar-refractivity contribution is 6.64. The van der Waals surface area contributed by atoms with Crippen molar-refractivity contribution in [2.75, 3.05) is 0 Å². The van der Waals surface area contributed by atoms with Gasteiger partial charge in [-0.25, -0.2) is 0 Å². The predicted octanol–water partition coefficient (Wildman–Crippen LogP) is 3.05. The molecule has 2 heteroatoms. The highest BCUT2D eigenvalue weighted by Crippen LogP contribution is 2.38. The molecule has 0 aliphatic heterocycles. The van der Waals surface area contributed by atoms with Gasteiger partial charge in [-0.05, 0) is 37.3 Å². The fourth-order valence-corrected chi connectivity index (χ4v) is 1.86. The van der Waals surface area contributed by atoms with Gasteiger partial charge in [0.15, 0.2) is 0 Å². The minimum atomic E-state index is -0.349. The zero-order chi connectivity index (χ0) is 9.03. The van der Waals surface area contributed by atoms with Crippen LogP contribution in [0.5, 0.6) is 0 Å². The van der Waals surface area contributed by atoms with Gasteiger partial charge >= 0.3 is 0 Å². The van der Waals surface area contributed by atoms with Gasteiger partial charge in [0.05, 0.1) is 5.41 Å². The van der Waals surface area contributed by atoms with E-state index in [1.54, 1.807) is 6.08 Å². The van der Waals surface area contributed by atoms with Crippen molar-refractivity contribution in [1.29, 1.82) is 0 Å². The molecule has 0 fully saturated rings. The van der Waals surface area contributed by atoms with Gasteiger partial charge in [-0.2, -0.15) is 0 Å². The summed E-state index contributed by atoms with van der Waals surface area (Å²) in [5, 5.41) is -0.216. The average molecular weight is 185 g/mol. The summed E-state index contributed by atoms with van der Waals surface area (Å²) in [6, 6.07) is 0. The molecule has 0 spiro atoms. The maximum absolute atomic E-state index is 11.2. The lowest BCUT2D eigenvalue weighted by Gasteiger charge is -2.29. The maximum Gasteiger partial charge on any atom is 0.228 e. The van der Waals surface area contributed by atoms with Gasteiger partial charge in [0.2, 0.25) is 5.24 Å². The van der Waals surface area contributed by atoms with E-state index in [0.29, 0.717) is 6.42 Å². The van der Waals surface area contributed by atoms with Gasteiger partial charge in [-0.3, -0.25) is 4.79 Å². The summed E-state index contributed by atoms with van der Waals surface area (Å²) in [7, 11) is 0. The van der Waals surface area contributed by atoms with E-state index < -0.39 is 0 Å². The molecule has 0 N–H and O–H groups in total. The van der Waals surface area contributed by atoms with E-state index in [1.165, 1.54) is 0 Å². The van der Waals surface area contributed by atoms with Crippen LogP contribution in [0.15, 0.2) is 24.8 Å². The van der Waals surface area contributed by atoms with Crippen LogP contribution in [-0.4, -0.2) is 5.24 Å². The topological polar surface area (TPSA) is 17.1 Å². The Kier molecular flexibility index (Phi) is 3.10. The lowest BCUT2D eigenvalue weighted by molar-refractivity contribution is -0.120. The molecule has 1 atom stereocenters. The van der Waals surface area contributed by atoms with Gasteiger partial charge in [0.1, 0.15) is 0 Å². The third-order valence-corrected chi connectivity index (χ3v) is 2.82. The Hall–Kier alpha value is -0.560. The molecule has 12 heavy (non-hydrogen) atoms. The van der Waals surface area contributed by atoms with Crippen molar-refractivity contribution in [2.45, 2.75) is 25.7 Å². The van der Waals surface area contributed by atoms with Crippen LogP contribution in [0.2, 0.25) is 0 Å². The van der Waals surface area contributed by atoms with Crippen molar-refractivity contribution in [3.63, 3.8) is 0 Å². The minimum Gasteiger partial charge on any atom is -0.281 e. The quantitative estimate of drug-likeness (QED) is 0.487. The highest BCUT2D eigenvalue weighted by Gasteiger charge is 2.35. The Morgan fingerprint density at radius 1 is 1.67 bits per heavy atom. The first kappa shape index (κ1) is 9.53. The Labute approximate surface area is 78.1 Å². The fraction of sp³-hybridized carbons (Fsp3) is 0.500. The molecular formula is C10H13ClO. The second-order valence-electron chi connectivity index (χ2n) is 3.26. The van der Waals surface area contributed by atoms with Gasteiger partial charge < -0.3 is 0 Å². The molecule has 0 bridgehead atoms. The van der Waals surface area contributed by atoms with E-state index in [4.69, 9.17) is 11.6 Å². The molecule has 0 radical (unpaired) electrons. The molecular weight excluding hydrogens is 172 g/mol. The zero-order valence-electron chi connectivity index (χ0n) is 7.05. The zero-order valence-corrected chi connectivity index (χ0v) is 7.81. The Bertz CT molecular complexity index is 220. The summed E-state index contributed by atoms with van der Waals surface area (Å²) in [5.41, 5.74) is -0.349. The average Bonchev–Trinajstić information content (AvgIpc) is 2.06. The number of allylic oxidation sites excluding steroid dienone is 3. The largest absolute Gasteiger partial charge is 0.281 e. The number of halogens is 1. The normalized spacial score (nSPS) is 28.4. The number of hydrogen-bond donors (Lipinski definition) is 0. The highest BCUT2D eigenvalue weighted by atomic mass is 35.5. The standard InChI is InChI=1S/C10H13ClO/c1-2-6-10(9(11)12)7-4-3-5-8-10/h2-4H,1,5-8H2. The second kappa shape index (κ2) is 3.90. The molecule has 0 heterocycles. The minimum absolute atomic E-state index is 0.216. The maximum atomic E-state index is 11.2. The number of carbonyl (C=O) groups excluding carboxylic acids is 1. The summed E-state index contributed by atoms with van der Waals surface area (Å²) in [4.78, 5) is 11.2. The second-order valence-corrected chi connectivity index (χ2v) is 3.60. The van der Waals surface area contributed by atoms with Crippen molar-refractivity contribution in [3.8, 4) is 0 Å². The monoisotopic (exact) mass is 184 g/mol. The molecule has 0 aromatic rings. The number of carbonyl (C=O) groups is 1. The SMILES string of the molecule is C=CCC1(C(=O)Cl)CC=CCC1. The van der Waals surface area contributed by atoms with Gasteiger partial charge in [0.25, 0.3) is 0 Å². The first-order chi connectivity index (χ1) is 5.71. The molecule has 1 rings (SSSR count). The molecule has 1 nitrogen and oxygen atoms in total. The first-order valence-electron chi connectivity index (χ1n) is 4.17.